The van der Waals surface area contributed by atoms with Crippen LogP contribution in [0.4, 0.5) is 5.82 Å². The smallest absolute Gasteiger partial charge is 0.234 e. The molecule has 26 heavy (non-hydrogen) atoms. The number of likely N-dealkylation sites (N-methyl/N-ethyl adjacent to an activating group) is 1. The lowest BCUT2D eigenvalue weighted by molar-refractivity contribution is -0.172. The lowest BCUT2D eigenvalue weighted by Crippen LogP contribution is -2.64. The molecule has 0 saturated carbocycles. The Morgan fingerprint density at radius 2 is 2.08 bits per heavy atom. The zero-order chi connectivity index (χ0) is 18.8. The van der Waals surface area contributed by atoms with E-state index in [9.17, 15) is 15.0 Å². The number of amides is 1. The van der Waals surface area contributed by atoms with Crippen molar-refractivity contribution in [1.82, 2.24) is 30.2 Å². The standard InChI is InChI=1S/C15H23N7O4/c1-7-9(20-8(23)4-22(2)3)11(24)12(25)15(26-7)21-14-10-13(17-5-16-10)18-6-19-14/h5-7,9,11-12,15,24-25H,4H2,1-3H3,(H,20,23)(H2,16,17,18,19,21)/t7-,9-,11+,12-,15-/m0/s1. The van der Waals surface area contributed by atoms with Crippen LogP contribution in [0.1, 0.15) is 6.92 Å². The Morgan fingerprint density at radius 1 is 1.31 bits per heavy atom. The summed E-state index contributed by atoms with van der Waals surface area (Å²) >= 11 is 0. The molecule has 0 bridgehead atoms. The molecule has 11 heteroatoms. The number of aliphatic hydroxyl groups is 2. The number of imidazole rings is 1. The number of aromatic amines is 1. The number of carbonyl (C=O) groups is 1. The molecule has 5 atom stereocenters. The second-order valence-corrected chi connectivity index (χ2v) is 6.54. The van der Waals surface area contributed by atoms with E-state index in [0.29, 0.717) is 17.0 Å². The number of nitrogens with zero attached hydrogens (tertiary/aromatic N) is 4. The van der Waals surface area contributed by atoms with E-state index in [1.54, 1.807) is 25.9 Å². The number of carbonyl (C=O) groups excluding carboxylic acids is 1. The van der Waals surface area contributed by atoms with Crippen molar-refractivity contribution in [2.24, 2.45) is 0 Å². The van der Waals surface area contributed by atoms with Gasteiger partial charge >= 0.3 is 0 Å². The molecule has 0 unspecified atom stereocenters. The number of rotatable bonds is 5. The van der Waals surface area contributed by atoms with E-state index in [-0.39, 0.29) is 12.5 Å². The van der Waals surface area contributed by atoms with Gasteiger partial charge in [-0.2, -0.15) is 0 Å². The van der Waals surface area contributed by atoms with Gasteiger partial charge in [0.1, 0.15) is 24.1 Å². The molecule has 11 nitrogen and oxygen atoms in total. The fourth-order valence-electron chi connectivity index (χ4n) is 2.92. The molecule has 142 valence electrons. The Kier molecular flexibility index (Phi) is 5.32. The topological polar surface area (TPSA) is 149 Å². The van der Waals surface area contributed by atoms with E-state index in [2.05, 4.69) is 30.6 Å². The van der Waals surface area contributed by atoms with Crippen molar-refractivity contribution in [2.45, 2.75) is 37.5 Å². The Bertz CT molecular complexity index is 767. The van der Waals surface area contributed by atoms with E-state index >= 15 is 0 Å². The summed E-state index contributed by atoms with van der Waals surface area (Å²) in [6.07, 6.45) is -1.11. The number of ether oxygens (including phenoxy) is 1. The van der Waals surface area contributed by atoms with E-state index in [1.807, 2.05) is 0 Å². The minimum absolute atomic E-state index is 0.173. The first-order valence-corrected chi connectivity index (χ1v) is 8.23. The van der Waals surface area contributed by atoms with Gasteiger partial charge in [-0.05, 0) is 21.0 Å². The van der Waals surface area contributed by atoms with Crippen molar-refractivity contribution in [3.05, 3.63) is 12.7 Å². The Balaban J connectivity index is 1.70. The predicted molar refractivity (Wildman–Crippen MR) is 92.1 cm³/mol. The molecule has 1 amide bonds. The summed E-state index contributed by atoms with van der Waals surface area (Å²) in [5.74, 6) is 0.133. The Labute approximate surface area is 149 Å². The number of aliphatic hydroxyl groups excluding tert-OH is 2. The second kappa shape index (κ2) is 7.50. The van der Waals surface area contributed by atoms with Crippen LogP contribution < -0.4 is 10.6 Å². The summed E-state index contributed by atoms with van der Waals surface area (Å²) in [5.41, 5.74) is 1.03. The van der Waals surface area contributed by atoms with Crippen LogP contribution in [0.3, 0.4) is 0 Å². The quantitative estimate of drug-likeness (QED) is 0.417. The third-order valence-electron chi connectivity index (χ3n) is 4.18. The summed E-state index contributed by atoms with van der Waals surface area (Å²) in [4.78, 5) is 28.8. The monoisotopic (exact) mass is 365 g/mol. The first-order valence-electron chi connectivity index (χ1n) is 8.23. The molecular formula is C15H23N7O4. The van der Waals surface area contributed by atoms with Gasteiger partial charge in [-0.25, -0.2) is 15.0 Å². The maximum absolute atomic E-state index is 12.0. The number of nitrogens with one attached hydrogen (secondary N) is 3. The molecule has 2 aromatic rings. The fourth-order valence-corrected chi connectivity index (χ4v) is 2.92. The van der Waals surface area contributed by atoms with E-state index in [4.69, 9.17) is 4.74 Å². The van der Waals surface area contributed by atoms with Gasteiger partial charge < -0.3 is 35.5 Å². The third-order valence-corrected chi connectivity index (χ3v) is 4.18. The first kappa shape index (κ1) is 18.5. The maximum atomic E-state index is 12.0. The number of H-pyrrole nitrogens is 1. The highest BCUT2D eigenvalue weighted by Gasteiger charge is 2.43. The summed E-state index contributed by atoms with van der Waals surface area (Å²) in [5, 5.41) is 26.6. The highest BCUT2D eigenvalue weighted by molar-refractivity contribution is 5.82. The minimum atomic E-state index is -1.27. The van der Waals surface area contributed by atoms with E-state index in [0.717, 1.165) is 0 Å². The molecule has 5 N–H and O–H groups in total. The van der Waals surface area contributed by atoms with Crippen LogP contribution in [0.25, 0.3) is 11.2 Å². The average Bonchev–Trinajstić information content (AvgIpc) is 3.05. The van der Waals surface area contributed by atoms with Gasteiger partial charge in [-0.3, -0.25) is 4.79 Å². The van der Waals surface area contributed by atoms with Crippen molar-refractivity contribution in [2.75, 3.05) is 26.0 Å². The van der Waals surface area contributed by atoms with E-state index < -0.39 is 30.6 Å². The first-order chi connectivity index (χ1) is 12.4. The highest BCUT2D eigenvalue weighted by atomic mass is 16.5. The van der Waals surface area contributed by atoms with Crippen LogP contribution in [-0.2, 0) is 9.53 Å². The number of hydrogen-bond acceptors (Lipinski definition) is 9. The fraction of sp³-hybridized carbons (Fsp3) is 0.600. The van der Waals surface area contributed by atoms with Gasteiger partial charge in [0.15, 0.2) is 17.7 Å². The van der Waals surface area contributed by atoms with Crippen LogP contribution in [0.15, 0.2) is 12.7 Å². The third kappa shape index (κ3) is 3.75. The summed E-state index contributed by atoms with van der Waals surface area (Å²) in [6, 6.07) is -0.729. The zero-order valence-electron chi connectivity index (χ0n) is 14.7. The molecule has 0 aromatic carbocycles. The molecule has 0 radical (unpaired) electrons. The van der Waals surface area contributed by atoms with Crippen LogP contribution in [0.2, 0.25) is 0 Å². The predicted octanol–water partition coefficient (Wildman–Crippen LogP) is -1.72. The van der Waals surface area contributed by atoms with Crippen molar-refractivity contribution in [3.63, 3.8) is 0 Å². The second-order valence-electron chi connectivity index (χ2n) is 6.54. The van der Waals surface area contributed by atoms with Gasteiger partial charge in [-0.15, -0.1) is 0 Å². The normalized spacial score (nSPS) is 29.1. The van der Waals surface area contributed by atoms with E-state index in [1.165, 1.54) is 12.7 Å². The summed E-state index contributed by atoms with van der Waals surface area (Å²) < 4.78 is 5.77. The van der Waals surface area contributed by atoms with Crippen molar-refractivity contribution in [1.29, 1.82) is 0 Å². The molecule has 1 aliphatic rings. The molecule has 1 fully saturated rings. The SMILES string of the molecule is C[C@@H]1O[C@H](Nc2ncnc3nc[nH]c23)[C@@H](O)[C@H](O)[C@H]1NC(=O)CN(C)C. The van der Waals surface area contributed by atoms with Crippen LogP contribution in [-0.4, -0.2) is 92.2 Å². The van der Waals surface area contributed by atoms with Gasteiger partial charge in [0, 0.05) is 0 Å². The Morgan fingerprint density at radius 3 is 2.81 bits per heavy atom. The molecule has 1 saturated heterocycles. The van der Waals surface area contributed by atoms with Crippen molar-refractivity contribution < 1.29 is 19.7 Å². The molecule has 1 aliphatic heterocycles. The average molecular weight is 365 g/mol. The molecule has 3 heterocycles. The Hall–Kier alpha value is -2.34. The number of anilines is 1. The van der Waals surface area contributed by atoms with Gasteiger partial charge in [0.05, 0.1) is 25.0 Å². The lowest BCUT2D eigenvalue weighted by atomic mass is 9.96. The summed E-state index contributed by atoms with van der Waals surface area (Å²) in [7, 11) is 3.53. The van der Waals surface area contributed by atoms with Crippen molar-refractivity contribution >= 4 is 22.9 Å². The number of hydrogen-bond donors (Lipinski definition) is 5. The zero-order valence-corrected chi connectivity index (χ0v) is 14.7. The molecular weight excluding hydrogens is 342 g/mol. The van der Waals surface area contributed by atoms with Crippen LogP contribution in [0.5, 0.6) is 0 Å². The minimum Gasteiger partial charge on any atom is -0.388 e. The van der Waals surface area contributed by atoms with Crippen molar-refractivity contribution in [3.8, 4) is 0 Å². The van der Waals surface area contributed by atoms with Gasteiger partial charge in [0.2, 0.25) is 5.91 Å². The molecule has 0 aliphatic carbocycles. The van der Waals surface area contributed by atoms with Crippen LogP contribution in [0, 0.1) is 0 Å². The van der Waals surface area contributed by atoms with Gasteiger partial charge in [0.25, 0.3) is 0 Å². The molecule has 0 spiro atoms. The largest absolute Gasteiger partial charge is 0.388 e. The highest BCUT2D eigenvalue weighted by Crippen LogP contribution is 2.24. The molecule has 2 aromatic heterocycles. The lowest BCUT2D eigenvalue weighted by Gasteiger charge is -2.42. The van der Waals surface area contributed by atoms with Crippen LogP contribution >= 0.6 is 0 Å². The number of aromatic nitrogens is 4. The maximum Gasteiger partial charge on any atom is 0.234 e. The molecule has 3 rings (SSSR count). The summed E-state index contributed by atoms with van der Waals surface area (Å²) in [6.45, 7) is 1.89. The van der Waals surface area contributed by atoms with Gasteiger partial charge in [-0.1, -0.05) is 0 Å². The number of fused-ring (bicyclic) bond motifs is 1.